The van der Waals surface area contributed by atoms with Crippen molar-refractivity contribution >= 4 is 24.0 Å². The predicted molar refractivity (Wildman–Crippen MR) is 90.8 cm³/mol. The zero-order valence-electron chi connectivity index (χ0n) is 12.8. The molecule has 1 aliphatic heterocycles. The zero-order valence-corrected chi connectivity index (χ0v) is 12.8. The highest BCUT2D eigenvalue weighted by molar-refractivity contribution is 6.14. The fraction of sp³-hybridized carbons (Fsp3) is 0.100. The predicted octanol–water partition coefficient (Wildman–Crippen LogP) is 4.13. The largest absolute Gasteiger partial charge is 0.402 e. The second-order valence-corrected chi connectivity index (χ2v) is 5.71. The van der Waals surface area contributed by atoms with E-state index in [0.717, 1.165) is 24.0 Å². The lowest BCUT2D eigenvalue weighted by molar-refractivity contribution is -0.129. The fourth-order valence-corrected chi connectivity index (χ4v) is 2.90. The molecular formula is C20H14FNO2. The van der Waals surface area contributed by atoms with Crippen LogP contribution in [0.4, 0.5) is 4.39 Å². The third-order valence-electron chi connectivity index (χ3n) is 4.09. The molecule has 0 N–H and O–H groups in total. The van der Waals surface area contributed by atoms with Gasteiger partial charge in [0.05, 0.1) is 0 Å². The van der Waals surface area contributed by atoms with Crippen LogP contribution in [-0.2, 0) is 16.0 Å². The lowest BCUT2D eigenvalue weighted by Gasteiger charge is -2.13. The fourth-order valence-electron chi connectivity index (χ4n) is 2.90. The highest BCUT2D eigenvalue weighted by atomic mass is 19.1. The van der Waals surface area contributed by atoms with Crippen LogP contribution in [0.15, 0.2) is 59.2 Å². The molecule has 3 nitrogen and oxygen atoms in total. The van der Waals surface area contributed by atoms with Gasteiger partial charge in [0, 0.05) is 5.56 Å². The number of allylic oxidation sites excluding steroid dienone is 1. The first-order chi connectivity index (χ1) is 11.7. The number of aryl methyl sites for hydroxylation is 1. The number of ether oxygens (including phenoxy) is 1. The van der Waals surface area contributed by atoms with Gasteiger partial charge in [-0.1, -0.05) is 36.4 Å². The molecule has 0 saturated heterocycles. The van der Waals surface area contributed by atoms with Crippen LogP contribution in [0.2, 0.25) is 0 Å². The van der Waals surface area contributed by atoms with E-state index in [1.165, 1.54) is 17.7 Å². The van der Waals surface area contributed by atoms with E-state index < -0.39 is 5.97 Å². The van der Waals surface area contributed by atoms with Crippen LogP contribution in [0.1, 0.15) is 28.7 Å². The maximum Gasteiger partial charge on any atom is 0.363 e. The van der Waals surface area contributed by atoms with Gasteiger partial charge >= 0.3 is 5.97 Å². The second-order valence-electron chi connectivity index (χ2n) is 5.71. The monoisotopic (exact) mass is 319 g/mol. The van der Waals surface area contributed by atoms with Gasteiger partial charge in [-0.2, -0.15) is 0 Å². The van der Waals surface area contributed by atoms with Gasteiger partial charge in [0.15, 0.2) is 5.70 Å². The van der Waals surface area contributed by atoms with E-state index in [-0.39, 0.29) is 11.5 Å². The lowest BCUT2D eigenvalue weighted by Crippen LogP contribution is -2.09. The van der Waals surface area contributed by atoms with Crippen molar-refractivity contribution in [3.8, 4) is 0 Å². The lowest BCUT2D eigenvalue weighted by atomic mass is 9.93. The molecule has 118 valence electrons. The van der Waals surface area contributed by atoms with E-state index in [1.54, 1.807) is 18.2 Å². The summed E-state index contributed by atoms with van der Waals surface area (Å²) in [5.41, 5.74) is 4.01. The van der Waals surface area contributed by atoms with Gasteiger partial charge in [0.2, 0.25) is 5.90 Å². The number of hydrogen-bond acceptors (Lipinski definition) is 3. The normalized spacial score (nSPS) is 17.6. The highest BCUT2D eigenvalue weighted by Gasteiger charge is 2.26. The molecule has 4 heteroatoms. The van der Waals surface area contributed by atoms with Crippen LogP contribution >= 0.6 is 0 Å². The van der Waals surface area contributed by atoms with Crippen LogP contribution < -0.4 is 0 Å². The Kier molecular flexibility index (Phi) is 3.58. The molecule has 4 rings (SSSR count). The number of fused-ring (bicyclic) bond motifs is 1. The number of nitrogens with zero attached hydrogens (tertiary/aromatic N) is 1. The Morgan fingerprint density at radius 1 is 1.12 bits per heavy atom. The van der Waals surface area contributed by atoms with E-state index in [0.29, 0.717) is 11.5 Å². The number of carbonyl (C=O) groups excluding carboxylic acids is 1. The number of halogens is 1. The topological polar surface area (TPSA) is 38.7 Å². The van der Waals surface area contributed by atoms with Crippen molar-refractivity contribution in [3.63, 3.8) is 0 Å². The number of aliphatic imine (C=N–C) groups is 1. The van der Waals surface area contributed by atoms with Crippen LogP contribution in [0.3, 0.4) is 0 Å². The summed E-state index contributed by atoms with van der Waals surface area (Å²) in [6.45, 7) is 0. The molecule has 0 saturated carbocycles. The molecule has 2 aliphatic rings. The van der Waals surface area contributed by atoms with Crippen molar-refractivity contribution < 1.29 is 13.9 Å². The quantitative estimate of drug-likeness (QED) is 0.617. The minimum Gasteiger partial charge on any atom is -0.402 e. The Hall–Kier alpha value is -3.01. The molecule has 2 aromatic carbocycles. The minimum atomic E-state index is -0.494. The zero-order chi connectivity index (χ0) is 16.5. The van der Waals surface area contributed by atoms with Gasteiger partial charge in [0.1, 0.15) is 5.82 Å². The Bertz CT molecular complexity index is 908. The first-order valence-corrected chi connectivity index (χ1v) is 7.78. The molecule has 0 bridgehead atoms. The van der Waals surface area contributed by atoms with Crippen molar-refractivity contribution in [2.75, 3.05) is 0 Å². The van der Waals surface area contributed by atoms with Crippen molar-refractivity contribution in [1.82, 2.24) is 0 Å². The van der Waals surface area contributed by atoms with Gasteiger partial charge in [-0.15, -0.1) is 0 Å². The molecule has 2 aromatic rings. The van der Waals surface area contributed by atoms with Gasteiger partial charge in [-0.25, -0.2) is 14.2 Å². The summed E-state index contributed by atoms with van der Waals surface area (Å²) in [5.74, 6) is -0.499. The smallest absolute Gasteiger partial charge is 0.363 e. The Morgan fingerprint density at radius 2 is 1.96 bits per heavy atom. The summed E-state index contributed by atoms with van der Waals surface area (Å²) in [6.07, 6.45) is 7.74. The van der Waals surface area contributed by atoms with Gasteiger partial charge < -0.3 is 4.74 Å². The standard InChI is InChI=1S/C20H14FNO2/c21-15-10-8-13(9-11-15)12-18-20(23)24-19(22-18)17-7-3-5-14-4-1-2-6-16(14)17/h2-3,5-12H,1,4H2/b18-12-. The summed E-state index contributed by atoms with van der Waals surface area (Å²) in [5, 5.41) is 0. The molecular weight excluding hydrogens is 305 g/mol. The van der Waals surface area contributed by atoms with E-state index >= 15 is 0 Å². The molecule has 0 unspecified atom stereocenters. The number of esters is 1. The van der Waals surface area contributed by atoms with Crippen molar-refractivity contribution in [2.45, 2.75) is 12.8 Å². The van der Waals surface area contributed by atoms with Crippen molar-refractivity contribution in [1.29, 1.82) is 0 Å². The van der Waals surface area contributed by atoms with E-state index in [1.807, 2.05) is 18.2 Å². The molecule has 1 aliphatic carbocycles. The maximum atomic E-state index is 13.0. The number of rotatable bonds is 2. The summed E-state index contributed by atoms with van der Waals surface area (Å²) in [7, 11) is 0. The SMILES string of the molecule is O=C1OC(c2cccc3c2C=CCC3)=N/C1=C\c1ccc(F)cc1. The molecule has 0 aromatic heterocycles. The molecule has 24 heavy (non-hydrogen) atoms. The minimum absolute atomic E-state index is 0.217. The summed E-state index contributed by atoms with van der Waals surface area (Å²) in [6, 6.07) is 11.8. The number of cyclic esters (lactones) is 1. The number of hydrogen-bond donors (Lipinski definition) is 0. The average molecular weight is 319 g/mol. The number of benzene rings is 2. The third kappa shape index (κ3) is 2.67. The van der Waals surface area contributed by atoms with Gasteiger partial charge in [-0.05, 0) is 53.8 Å². The number of carbonyl (C=O) groups is 1. The highest BCUT2D eigenvalue weighted by Crippen LogP contribution is 2.27. The van der Waals surface area contributed by atoms with Crippen molar-refractivity contribution in [3.05, 3.63) is 82.3 Å². The molecule has 0 radical (unpaired) electrons. The van der Waals surface area contributed by atoms with Crippen LogP contribution in [0.25, 0.3) is 12.2 Å². The molecule has 0 fully saturated rings. The Labute approximate surface area is 138 Å². The van der Waals surface area contributed by atoms with E-state index in [2.05, 4.69) is 17.1 Å². The van der Waals surface area contributed by atoms with Crippen LogP contribution in [0.5, 0.6) is 0 Å². The van der Waals surface area contributed by atoms with Gasteiger partial charge in [-0.3, -0.25) is 0 Å². The van der Waals surface area contributed by atoms with Crippen LogP contribution in [0, 0.1) is 5.82 Å². The Balaban J connectivity index is 1.72. The summed E-state index contributed by atoms with van der Waals surface area (Å²) >= 11 is 0. The summed E-state index contributed by atoms with van der Waals surface area (Å²) < 4.78 is 18.3. The van der Waals surface area contributed by atoms with Crippen molar-refractivity contribution in [2.24, 2.45) is 4.99 Å². The first-order valence-electron chi connectivity index (χ1n) is 7.78. The average Bonchev–Trinajstić information content (AvgIpc) is 2.97. The molecule has 1 heterocycles. The van der Waals surface area contributed by atoms with Gasteiger partial charge in [0.25, 0.3) is 0 Å². The first kappa shape index (κ1) is 14.6. The second kappa shape index (κ2) is 5.89. The van der Waals surface area contributed by atoms with E-state index in [9.17, 15) is 9.18 Å². The maximum absolute atomic E-state index is 13.0. The molecule has 0 spiro atoms. The molecule has 0 amide bonds. The third-order valence-corrected chi connectivity index (χ3v) is 4.09. The van der Waals surface area contributed by atoms with E-state index in [4.69, 9.17) is 4.74 Å². The summed E-state index contributed by atoms with van der Waals surface area (Å²) in [4.78, 5) is 16.4. The molecule has 0 atom stereocenters. The Morgan fingerprint density at radius 3 is 2.79 bits per heavy atom. The van der Waals surface area contributed by atoms with Crippen LogP contribution in [-0.4, -0.2) is 11.9 Å².